The molecule has 96 valence electrons. The van der Waals surface area contributed by atoms with E-state index in [1.165, 1.54) is 13.0 Å². The standard InChI is InChI=1S/C8H13N3O5S/c1-2-5(4-9)17(15,16)11-6(8(13)14)3-7(10)12/h5-6,11H,2-3H2,1H3,(H2,10,12)(H,13,14)/t5?,6-/m1/s1. The SMILES string of the molecule is CCC(C#N)S(=O)(=O)N[C@H](CC(N)=O)C(=O)O. The summed E-state index contributed by atoms with van der Waals surface area (Å²) < 4.78 is 24.9. The lowest BCUT2D eigenvalue weighted by Crippen LogP contribution is -2.46. The van der Waals surface area contributed by atoms with Gasteiger partial charge in [-0.2, -0.15) is 9.98 Å². The Bertz CT molecular complexity index is 439. The topological polar surface area (TPSA) is 150 Å². The molecule has 0 aromatic carbocycles. The van der Waals surface area contributed by atoms with Gasteiger partial charge >= 0.3 is 5.97 Å². The highest BCUT2D eigenvalue weighted by atomic mass is 32.2. The monoisotopic (exact) mass is 263 g/mol. The number of primary amides is 1. The molecule has 0 saturated heterocycles. The second-order valence-electron chi connectivity index (χ2n) is 3.25. The number of nitrogens with two attached hydrogens (primary N) is 1. The van der Waals surface area contributed by atoms with Gasteiger partial charge in [-0.3, -0.25) is 9.59 Å². The summed E-state index contributed by atoms with van der Waals surface area (Å²) in [6.45, 7) is 1.47. The minimum atomic E-state index is -4.11. The molecule has 0 saturated carbocycles. The first-order valence-electron chi connectivity index (χ1n) is 4.66. The molecule has 0 aliphatic rings. The molecular weight excluding hydrogens is 250 g/mol. The van der Waals surface area contributed by atoms with Crippen LogP contribution in [0.5, 0.6) is 0 Å². The Morgan fingerprint density at radius 1 is 1.53 bits per heavy atom. The number of sulfonamides is 1. The quantitative estimate of drug-likeness (QED) is 0.510. The van der Waals surface area contributed by atoms with E-state index in [2.05, 4.69) is 0 Å². The lowest BCUT2D eigenvalue weighted by atomic mass is 10.2. The van der Waals surface area contributed by atoms with Gasteiger partial charge in [0.05, 0.1) is 12.5 Å². The predicted molar refractivity (Wildman–Crippen MR) is 57.0 cm³/mol. The average molecular weight is 263 g/mol. The van der Waals surface area contributed by atoms with Crippen molar-refractivity contribution in [3.8, 4) is 6.07 Å². The van der Waals surface area contributed by atoms with Gasteiger partial charge in [0.1, 0.15) is 6.04 Å². The largest absolute Gasteiger partial charge is 0.480 e. The van der Waals surface area contributed by atoms with Gasteiger partial charge in [-0.15, -0.1) is 0 Å². The van der Waals surface area contributed by atoms with Crippen molar-refractivity contribution in [1.29, 1.82) is 5.26 Å². The molecule has 0 radical (unpaired) electrons. The average Bonchev–Trinajstić information content (AvgIpc) is 2.16. The first kappa shape index (κ1) is 15.3. The number of carbonyl (C=O) groups is 2. The van der Waals surface area contributed by atoms with Gasteiger partial charge in [-0.05, 0) is 6.42 Å². The van der Waals surface area contributed by atoms with Crippen LogP contribution in [-0.4, -0.2) is 36.7 Å². The number of hydrogen-bond donors (Lipinski definition) is 3. The molecule has 0 fully saturated rings. The molecule has 0 spiro atoms. The van der Waals surface area contributed by atoms with Gasteiger partial charge in [0.2, 0.25) is 15.9 Å². The summed E-state index contributed by atoms with van der Waals surface area (Å²) in [5.41, 5.74) is 4.79. The fourth-order valence-corrected chi connectivity index (χ4v) is 2.36. The van der Waals surface area contributed by atoms with Crippen LogP contribution in [0.4, 0.5) is 0 Å². The van der Waals surface area contributed by atoms with Crippen molar-refractivity contribution in [2.24, 2.45) is 5.73 Å². The number of hydrogen-bond acceptors (Lipinski definition) is 5. The molecule has 9 heteroatoms. The first-order valence-corrected chi connectivity index (χ1v) is 6.21. The summed E-state index contributed by atoms with van der Waals surface area (Å²) in [7, 11) is -4.11. The van der Waals surface area contributed by atoms with E-state index in [1.807, 2.05) is 0 Å². The zero-order valence-corrected chi connectivity index (χ0v) is 9.90. The Labute approximate surface area is 98.5 Å². The van der Waals surface area contributed by atoms with E-state index in [-0.39, 0.29) is 6.42 Å². The zero-order chi connectivity index (χ0) is 13.6. The highest BCUT2D eigenvalue weighted by Gasteiger charge is 2.30. The van der Waals surface area contributed by atoms with Crippen molar-refractivity contribution in [2.75, 3.05) is 0 Å². The van der Waals surface area contributed by atoms with E-state index in [4.69, 9.17) is 16.1 Å². The smallest absolute Gasteiger partial charge is 0.322 e. The summed E-state index contributed by atoms with van der Waals surface area (Å²) in [5, 5.41) is 15.9. The molecular formula is C8H13N3O5S. The van der Waals surface area contributed by atoms with E-state index >= 15 is 0 Å². The Morgan fingerprint density at radius 2 is 2.06 bits per heavy atom. The molecule has 1 amide bonds. The molecule has 0 aliphatic heterocycles. The number of nitriles is 1. The molecule has 0 aromatic rings. The van der Waals surface area contributed by atoms with Crippen LogP contribution in [0.25, 0.3) is 0 Å². The van der Waals surface area contributed by atoms with Gasteiger partial charge in [0.25, 0.3) is 0 Å². The van der Waals surface area contributed by atoms with Crippen molar-refractivity contribution < 1.29 is 23.1 Å². The summed E-state index contributed by atoms with van der Waals surface area (Å²) in [6.07, 6.45) is -0.662. The third-order valence-electron chi connectivity index (χ3n) is 1.90. The lowest BCUT2D eigenvalue weighted by molar-refractivity contribution is -0.140. The van der Waals surface area contributed by atoms with E-state index in [0.717, 1.165) is 0 Å². The number of nitrogens with zero attached hydrogens (tertiary/aromatic N) is 1. The Kier molecular flexibility index (Phi) is 5.57. The van der Waals surface area contributed by atoms with Crippen molar-refractivity contribution in [2.45, 2.75) is 31.1 Å². The van der Waals surface area contributed by atoms with Crippen molar-refractivity contribution in [1.82, 2.24) is 4.72 Å². The molecule has 0 heterocycles. The number of aliphatic carboxylic acids is 1. The fourth-order valence-electron chi connectivity index (χ4n) is 1.04. The van der Waals surface area contributed by atoms with Gasteiger partial charge in [0, 0.05) is 0 Å². The minimum absolute atomic E-state index is 0.00867. The third-order valence-corrected chi connectivity index (χ3v) is 3.70. The Balaban J connectivity index is 4.94. The van der Waals surface area contributed by atoms with Gasteiger partial charge in [-0.25, -0.2) is 8.42 Å². The van der Waals surface area contributed by atoms with Crippen molar-refractivity contribution in [3.63, 3.8) is 0 Å². The highest BCUT2D eigenvalue weighted by molar-refractivity contribution is 7.90. The number of nitrogens with one attached hydrogen (secondary N) is 1. The normalized spacial score (nSPS) is 14.6. The minimum Gasteiger partial charge on any atom is -0.480 e. The predicted octanol–water partition coefficient (Wildman–Crippen LogP) is -1.46. The van der Waals surface area contributed by atoms with Crippen LogP contribution >= 0.6 is 0 Å². The van der Waals surface area contributed by atoms with Crippen LogP contribution in [0, 0.1) is 11.3 Å². The number of rotatable bonds is 7. The van der Waals surface area contributed by atoms with E-state index in [9.17, 15) is 18.0 Å². The Hall–Kier alpha value is -1.66. The number of amides is 1. The van der Waals surface area contributed by atoms with E-state index < -0.39 is 39.6 Å². The van der Waals surface area contributed by atoms with Crippen LogP contribution in [-0.2, 0) is 19.6 Å². The zero-order valence-electron chi connectivity index (χ0n) is 9.08. The summed E-state index contributed by atoms with van der Waals surface area (Å²) in [6, 6.07) is -0.123. The maximum absolute atomic E-state index is 11.5. The number of carbonyl (C=O) groups excluding carboxylic acids is 1. The number of carboxylic acids is 1. The van der Waals surface area contributed by atoms with Crippen LogP contribution in [0.3, 0.4) is 0 Å². The molecule has 2 atom stereocenters. The van der Waals surface area contributed by atoms with E-state index in [1.54, 1.807) is 4.72 Å². The molecule has 17 heavy (non-hydrogen) atoms. The molecule has 0 aromatic heterocycles. The Morgan fingerprint density at radius 3 is 2.35 bits per heavy atom. The van der Waals surface area contributed by atoms with Gasteiger partial charge in [-0.1, -0.05) is 6.92 Å². The van der Waals surface area contributed by atoms with Crippen molar-refractivity contribution >= 4 is 21.9 Å². The highest BCUT2D eigenvalue weighted by Crippen LogP contribution is 2.05. The second kappa shape index (κ2) is 6.17. The molecule has 0 bridgehead atoms. The third kappa shape index (κ3) is 4.80. The number of carboxylic acid groups (broad SMARTS) is 1. The first-order chi connectivity index (χ1) is 7.74. The van der Waals surface area contributed by atoms with Crippen LogP contribution in [0.1, 0.15) is 19.8 Å². The maximum atomic E-state index is 11.5. The lowest BCUT2D eigenvalue weighted by Gasteiger charge is -2.15. The molecule has 0 aliphatic carbocycles. The van der Waals surface area contributed by atoms with Gasteiger partial charge in [0.15, 0.2) is 5.25 Å². The van der Waals surface area contributed by atoms with Crippen molar-refractivity contribution in [3.05, 3.63) is 0 Å². The molecule has 8 nitrogen and oxygen atoms in total. The summed E-state index contributed by atoms with van der Waals surface area (Å²) in [5.74, 6) is -2.48. The van der Waals surface area contributed by atoms with E-state index in [0.29, 0.717) is 0 Å². The second-order valence-corrected chi connectivity index (χ2v) is 5.14. The molecule has 1 unspecified atom stereocenters. The summed E-state index contributed by atoms with van der Waals surface area (Å²) >= 11 is 0. The molecule has 0 rings (SSSR count). The maximum Gasteiger partial charge on any atom is 0.322 e. The fraction of sp³-hybridized carbons (Fsp3) is 0.625. The van der Waals surface area contributed by atoms with Crippen LogP contribution in [0.15, 0.2) is 0 Å². The summed E-state index contributed by atoms with van der Waals surface area (Å²) in [4.78, 5) is 21.3. The van der Waals surface area contributed by atoms with Crippen LogP contribution < -0.4 is 10.5 Å². The van der Waals surface area contributed by atoms with Crippen LogP contribution in [0.2, 0.25) is 0 Å². The van der Waals surface area contributed by atoms with Gasteiger partial charge < -0.3 is 10.8 Å². The molecule has 4 N–H and O–H groups in total.